The standard InChI is InChI=1S/C16H18ClNO3S/c1-10(15(21-3)12-6-4-5-7-13(12)17)18-16(19)14-8-11(20-2)9-22-14/h4-10,15H,1-3H3,(H,18,19). The van der Waals surface area contributed by atoms with Gasteiger partial charge in [-0.05, 0) is 13.0 Å². The zero-order chi connectivity index (χ0) is 16.1. The third-order valence-corrected chi connectivity index (χ3v) is 4.57. The molecule has 22 heavy (non-hydrogen) atoms. The summed E-state index contributed by atoms with van der Waals surface area (Å²) >= 11 is 7.55. The smallest absolute Gasteiger partial charge is 0.261 e. The van der Waals surface area contributed by atoms with Gasteiger partial charge in [-0.2, -0.15) is 0 Å². The van der Waals surface area contributed by atoms with E-state index in [1.54, 1.807) is 25.7 Å². The van der Waals surface area contributed by atoms with Crippen molar-refractivity contribution in [3.05, 3.63) is 51.2 Å². The van der Waals surface area contributed by atoms with Gasteiger partial charge in [0.15, 0.2) is 0 Å². The molecular formula is C16H18ClNO3S. The molecule has 0 saturated heterocycles. The second kappa shape index (κ2) is 7.63. The van der Waals surface area contributed by atoms with E-state index in [1.165, 1.54) is 11.3 Å². The van der Waals surface area contributed by atoms with Gasteiger partial charge in [-0.1, -0.05) is 29.8 Å². The first-order valence-electron chi connectivity index (χ1n) is 6.77. The van der Waals surface area contributed by atoms with E-state index >= 15 is 0 Å². The van der Waals surface area contributed by atoms with Crippen molar-refractivity contribution in [3.63, 3.8) is 0 Å². The van der Waals surface area contributed by atoms with Crippen LogP contribution in [0.25, 0.3) is 0 Å². The van der Waals surface area contributed by atoms with Crippen molar-refractivity contribution in [1.82, 2.24) is 5.32 Å². The van der Waals surface area contributed by atoms with Crippen LogP contribution in [0.5, 0.6) is 5.75 Å². The molecule has 1 amide bonds. The Labute approximate surface area is 139 Å². The van der Waals surface area contributed by atoms with Crippen molar-refractivity contribution < 1.29 is 14.3 Å². The highest BCUT2D eigenvalue weighted by molar-refractivity contribution is 7.12. The molecule has 1 N–H and O–H groups in total. The molecule has 0 aliphatic heterocycles. The van der Waals surface area contributed by atoms with Crippen molar-refractivity contribution in [2.24, 2.45) is 0 Å². The van der Waals surface area contributed by atoms with Gasteiger partial charge in [0.2, 0.25) is 0 Å². The maximum absolute atomic E-state index is 12.3. The highest BCUT2D eigenvalue weighted by Crippen LogP contribution is 2.28. The molecule has 0 spiro atoms. The fraction of sp³-hybridized carbons (Fsp3) is 0.312. The molecule has 0 saturated carbocycles. The largest absolute Gasteiger partial charge is 0.496 e. The lowest BCUT2D eigenvalue weighted by molar-refractivity contribution is 0.0647. The van der Waals surface area contributed by atoms with E-state index in [1.807, 2.05) is 31.2 Å². The summed E-state index contributed by atoms with van der Waals surface area (Å²) < 4.78 is 10.6. The van der Waals surface area contributed by atoms with Crippen LogP contribution in [0, 0.1) is 0 Å². The fourth-order valence-electron chi connectivity index (χ4n) is 2.20. The van der Waals surface area contributed by atoms with Crippen LogP contribution in [0.15, 0.2) is 35.7 Å². The van der Waals surface area contributed by atoms with E-state index in [0.717, 1.165) is 5.56 Å². The number of hydrogen-bond donors (Lipinski definition) is 1. The second-order valence-corrected chi connectivity index (χ2v) is 6.11. The van der Waals surface area contributed by atoms with Crippen LogP contribution in [0.1, 0.15) is 28.3 Å². The summed E-state index contributed by atoms with van der Waals surface area (Å²) in [6, 6.07) is 8.94. The van der Waals surface area contributed by atoms with Crippen molar-refractivity contribution in [2.75, 3.05) is 14.2 Å². The molecule has 2 aromatic rings. The molecule has 0 aliphatic rings. The van der Waals surface area contributed by atoms with E-state index in [2.05, 4.69) is 5.32 Å². The average molecular weight is 340 g/mol. The number of benzene rings is 1. The van der Waals surface area contributed by atoms with Gasteiger partial charge in [0.25, 0.3) is 5.91 Å². The molecule has 0 aliphatic carbocycles. The van der Waals surface area contributed by atoms with Crippen molar-refractivity contribution in [2.45, 2.75) is 19.1 Å². The number of methoxy groups -OCH3 is 2. The molecule has 2 unspecified atom stereocenters. The van der Waals surface area contributed by atoms with Gasteiger partial charge in [-0.15, -0.1) is 11.3 Å². The molecule has 0 bridgehead atoms. The van der Waals surface area contributed by atoms with E-state index in [0.29, 0.717) is 15.6 Å². The lowest BCUT2D eigenvalue weighted by Crippen LogP contribution is -2.37. The van der Waals surface area contributed by atoms with Gasteiger partial charge >= 0.3 is 0 Å². The molecule has 1 aromatic carbocycles. The highest BCUT2D eigenvalue weighted by Gasteiger charge is 2.23. The highest BCUT2D eigenvalue weighted by atomic mass is 35.5. The van der Waals surface area contributed by atoms with Crippen LogP contribution in [-0.2, 0) is 4.74 Å². The number of halogens is 1. The van der Waals surface area contributed by atoms with Gasteiger partial charge in [-0.25, -0.2) is 0 Å². The van der Waals surface area contributed by atoms with Crippen molar-refractivity contribution in [3.8, 4) is 5.75 Å². The Morgan fingerprint density at radius 3 is 2.64 bits per heavy atom. The van der Waals surface area contributed by atoms with Crippen LogP contribution in [-0.4, -0.2) is 26.2 Å². The SMILES string of the molecule is COc1csc(C(=O)NC(C)C(OC)c2ccccc2Cl)c1. The lowest BCUT2D eigenvalue weighted by Gasteiger charge is -2.24. The molecule has 0 fully saturated rings. The third-order valence-electron chi connectivity index (χ3n) is 3.31. The number of rotatable bonds is 6. The summed E-state index contributed by atoms with van der Waals surface area (Å²) in [5.74, 6) is 0.520. The summed E-state index contributed by atoms with van der Waals surface area (Å²) in [6.07, 6.45) is -0.320. The average Bonchev–Trinajstić information content (AvgIpc) is 2.99. The number of amides is 1. The monoisotopic (exact) mass is 339 g/mol. The predicted molar refractivity (Wildman–Crippen MR) is 89.0 cm³/mol. The topological polar surface area (TPSA) is 47.6 Å². The number of thiophene rings is 1. The Kier molecular flexibility index (Phi) is 5.83. The number of ether oxygens (including phenoxy) is 2. The molecule has 2 rings (SSSR count). The molecule has 6 heteroatoms. The minimum Gasteiger partial charge on any atom is -0.496 e. The maximum atomic E-state index is 12.3. The minimum absolute atomic E-state index is 0.157. The number of carbonyl (C=O) groups excluding carboxylic acids is 1. The Morgan fingerprint density at radius 1 is 1.32 bits per heavy atom. The molecule has 2 atom stereocenters. The van der Waals surface area contributed by atoms with E-state index in [9.17, 15) is 4.79 Å². The first-order chi connectivity index (χ1) is 10.6. The number of hydrogen-bond acceptors (Lipinski definition) is 4. The molecule has 0 radical (unpaired) electrons. The van der Waals surface area contributed by atoms with E-state index < -0.39 is 0 Å². The molecule has 1 aromatic heterocycles. The zero-order valence-corrected chi connectivity index (χ0v) is 14.2. The van der Waals surface area contributed by atoms with Crippen LogP contribution in [0.2, 0.25) is 5.02 Å². The van der Waals surface area contributed by atoms with Gasteiger partial charge in [0.1, 0.15) is 11.9 Å². The fourth-order valence-corrected chi connectivity index (χ4v) is 3.21. The van der Waals surface area contributed by atoms with Gasteiger partial charge in [-0.3, -0.25) is 4.79 Å². The number of nitrogens with one attached hydrogen (secondary N) is 1. The van der Waals surface area contributed by atoms with Crippen LogP contribution < -0.4 is 10.1 Å². The van der Waals surface area contributed by atoms with Crippen LogP contribution in [0.4, 0.5) is 0 Å². The Hall–Kier alpha value is -1.56. The zero-order valence-electron chi connectivity index (χ0n) is 12.6. The Balaban J connectivity index is 2.10. The van der Waals surface area contributed by atoms with Gasteiger partial charge in [0, 0.05) is 29.1 Å². The summed E-state index contributed by atoms with van der Waals surface area (Å²) in [4.78, 5) is 12.9. The lowest BCUT2D eigenvalue weighted by atomic mass is 10.0. The summed E-state index contributed by atoms with van der Waals surface area (Å²) in [5, 5.41) is 5.35. The molecular weight excluding hydrogens is 322 g/mol. The Morgan fingerprint density at radius 2 is 2.05 bits per heavy atom. The van der Waals surface area contributed by atoms with Crippen molar-refractivity contribution in [1.29, 1.82) is 0 Å². The number of carbonyl (C=O) groups is 1. The first kappa shape index (κ1) is 16.8. The second-order valence-electron chi connectivity index (χ2n) is 4.79. The van der Waals surface area contributed by atoms with Gasteiger partial charge < -0.3 is 14.8 Å². The molecule has 118 valence electrons. The van der Waals surface area contributed by atoms with E-state index in [4.69, 9.17) is 21.1 Å². The van der Waals surface area contributed by atoms with Crippen LogP contribution in [0.3, 0.4) is 0 Å². The van der Waals surface area contributed by atoms with E-state index in [-0.39, 0.29) is 18.1 Å². The van der Waals surface area contributed by atoms with Crippen molar-refractivity contribution >= 4 is 28.8 Å². The predicted octanol–water partition coefficient (Wildman–Crippen LogP) is 3.92. The summed E-state index contributed by atoms with van der Waals surface area (Å²) in [7, 11) is 3.18. The summed E-state index contributed by atoms with van der Waals surface area (Å²) in [6.45, 7) is 1.89. The third kappa shape index (κ3) is 3.80. The molecule has 4 nitrogen and oxygen atoms in total. The van der Waals surface area contributed by atoms with Gasteiger partial charge in [0.05, 0.1) is 18.0 Å². The normalized spacial score (nSPS) is 13.5. The Bertz CT molecular complexity index is 644. The first-order valence-corrected chi connectivity index (χ1v) is 8.03. The quantitative estimate of drug-likeness (QED) is 0.867. The maximum Gasteiger partial charge on any atom is 0.261 e. The van der Waals surface area contributed by atoms with Crippen LogP contribution >= 0.6 is 22.9 Å². The molecule has 1 heterocycles. The minimum atomic E-state index is -0.320. The summed E-state index contributed by atoms with van der Waals surface area (Å²) in [5.41, 5.74) is 0.850.